The highest BCUT2D eigenvalue weighted by atomic mass is 32.2. The second kappa shape index (κ2) is 4.45. The summed E-state index contributed by atoms with van der Waals surface area (Å²) < 4.78 is 26.4. The highest BCUT2D eigenvalue weighted by molar-refractivity contribution is 7.89. The summed E-state index contributed by atoms with van der Waals surface area (Å²) in [5.41, 5.74) is 6.31. The van der Waals surface area contributed by atoms with Gasteiger partial charge in [-0.05, 0) is 0 Å². The Morgan fingerprint density at radius 3 is 2.87 bits per heavy atom. The maximum absolute atomic E-state index is 11.3. The van der Waals surface area contributed by atoms with Gasteiger partial charge in [-0.25, -0.2) is 13.1 Å². The van der Waals surface area contributed by atoms with Gasteiger partial charge in [0.15, 0.2) is 0 Å². The van der Waals surface area contributed by atoms with E-state index in [-0.39, 0.29) is 12.3 Å². The summed E-state index contributed by atoms with van der Waals surface area (Å²) in [6, 6.07) is 0. The van der Waals surface area contributed by atoms with Gasteiger partial charge in [0.1, 0.15) is 5.82 Å². The van der Waals surface area contributed by atoms with E-state index < -0.39 is 10.0 Å². The molecule has 0 aromatic carbocycles. The quantitative estimate of drug-likeness (QED) is 0.674. The zero-order valence-corrected chi connectivity index (χ0v) is 9.29. The van der Waals surface area contributed by atoms with Crippen LogP contribution in [-0.4, -0.2) is 24.0 Å². The molecule has 15 heavy (non-hydrogen) atoms. The van der Waals surface area contributed by atoms with Crippen LogP contribution < -0.4 is 10.5 Å². The van der Waals surface area contributed by atoms with Gasteiger partial charge < -0.3 is 5.73 Å². The number of hydrogen-bond donors (Lipinski definition) is 2. The van der Waals surface area contributed by atoms with Crippen molar-refractivity contribution in [2.45, 2.75) is 6.54 Å². The Labute approximate surface area is 88.8 Å². The lowest BCUT2D eigenvalue weighted by Gasteiger charge is -2.03. The molecular formula is C8H14N4O2S. The molecule has 0 bridgehead atoms. The summed E-state index contributed by atoms with van der Waals surface area (Å²) >= 11 is 0. The van der Waals surface area contributed by atoms with E-state index in [2.05, 4.69) is 16.4 Å². The van der Waals surface area contributed by atoms with Crippen LogP contribution in [0.15, 0.2) is 18.9 Å². The lowest BCUT2D eigenvalue weighted by molar-refractivity contribution is 0.584. The van der Waals surface area contributed by atoms with Gasteiger partial charge in [-0.1, -0.05) is 6.08 Å². The first kappa shape index (κ1) is 11.7. The summed E-state index contributed by atoms with van der Waals surface area (Å²) in [6.07, 6.45) is 2.86. The first-order valence-corrected chi connectivity index (χ1v) is 5.96. The molecule has 0 saturated heterocycles. The van der Waals surface area contributed by atoms with Crippen molar-refractivity contribution >= 4 is 15.8 Å². The zero-order valence-electron chi connectivity index (χ0n) is 8.47. The van der Waals surface area contributed by atoms with Gasteiger partial charge in [-0.15, -0.1) is 6.58 Å². The van der Waals surface area contributed by atoms with Crippen LogP contribution in [0.25, 0.3) is 0 Å². The number of nitrogens with two attached hydrogens (primary N) is 1. The highest BCUT2D eigenvalue weighted by Gasteiger charge is 2.10. The van der Waals surface area contributed by atoms with Gasteiger partial charge in [0.25, 0.3) is 0 Å². The summed E-state index contributed by atoms with van der Waals surface area (Å²) in [5.74, 6) is 0.351. The number of nitrogens with one attached hydrogen (secondary N) is 1. The summed E-state index contributed by atoms with van der Waals surface area (Å²) in [7, 11) is -1.61. The number of hydrogen-bond acceptors (Lipinski definition) is 4. The minimum Gasteiger partial charge on any atom is -0.384 e. The third-order valence-electron chi connectivity index (χ3n) is 1.88. The topological polar surface area (TPSA) is 90.0 Å². The molecule has 1 aromatic heterocycles. The first-order chi connectivity index (χ1) is 6.96. The Balaban J connectivity index is 2.65. The molecule has 0 spiro atoms. The fraction of sp³-hybridized carbons (Fsp3) is 0.375. The van der Waals surface area contributed by atoms with Crippen LogP contribution in [0.5, 0.6) is 0 Å². The van der Waals surface area contributed by atoms with Crippen LogP contribution >= 0.6 is 0 Å². The van der Waals surface area contributed by atoms with Gasteiger partial charge in [-0.2, -0.15) is 5.10 Å². The second-order valence-electron chi connectivity index (χ2n) is 3.07. The maximum Gasteiger partial charge on any atom is 0.215 e. The zero-order chi connectivity index (χ0) is 11.5. The Morgan fingerprint density at radius 1 is 1.73 bits per heavy atom. The molecular weight excluding hydrogens is 216 g/mol. The predicted octanol–water partition coefficient (Wildman–Crippen LogP) is -0.392. The second-order valence-corrected chi connectivity index (χ2v) is 4.92. The molecule has 0 radical (unpaired) electrons. The van der Waals surface area contributed by atoms with Gasteiger partial charge >= 0.3 is 0 Å². The van der Waals surface area contributed by atoms with Crippen molar-refractivity contribution in [2.75, 3.05) is 11.5 Å². The normalized spacial score (nSPS) is 11.5. The van der Waals surface area contributed by atoms with Crippen LogP contribution in [0.3, 0.4) is 0 Å². The molecule has 6 nitrogen and oxygen atoms in total. The molecule has 0 aliphatic rings. The van der Waals surface area contributed by atoms with Gasteiger partial charge in [0.2, 0.25) is 10.0 Å². The Bertz CT molecular complexity index is 449. The predicted molar refractivity (Wildman–Crippen MR) is 58.4 cm³/mol. The minimum absolute atomic E-state index is 0.104. The fourth-order valence-electron chi connectivity index (χ4n) is 1.03. The van der Waals surface area contributed by atoms with Crippen LogP contribution in [0.4, 0.5) is 5.82 Å². The minimum atomic E-state index is -3.30. The van der Waals surface area contributed by atoms with Crippen molar-refractivity contribution in [3.63, 3.8) is 0 Å². The van der Waals surface area contributed by atoms with Crippen molar-refractivity contribution < 1.29 is 8.42 Å². The molecule has 0 aliphatic heterocycles. The number of anilines is 1. The first-order valence-electron chi connectivity index (χ1n) is 4.31. The molecule has 0 atom stereocenters. The van der Waals surface area contributed by atoms with E-state index in [1.807, 2.05) is 0 Å². The van der Waals surface area contributed by atoms with Crippen molar-refractivity contribution in [1.29, 1.82) is 0 Å². The molecule has 0 amide bonds. The van der Waals surface area contributed by atoms with E-state index in [4.69, 9.17) is 5.73 Å². The summed E-state index contributed by atoms with van der Waals surface area (Å²) in [4.78, 5) is 0. The Hall–Kier alpha value is -1.34. The van der Waals surface area contributed by atoms with E-state index in [9.17, 15) is 8.42 Å². The summed E-state index contributed by atoms with van der Waals surface area (Å²) in [6.45, 7) is 3.51. The smallest absolute Gasteiger partial charge is 0.215 e. The molecule has 7 heteroatoms. The van der Waals surface area contributed by atoms with Gasteiger partial charge in [0.05, 0.1) is 11.9 Å². The standard InChI is InChI=1S/C8H14N4O2S/c1-3-4-15(13,14)11-6-7-5-10-12(2)8(7)9/h3,5,11H,1,4,6,9H2,2H3. The van der Waals surface area contributed by atoms with E-state index in [0.717, 1.165) is 0 Å². The van der Waals surface area contributed by atoms with Gasteiger partial charge in [-0.3, -0.25) is 4.68 Å². The summed E-state index contributed by atoms with van der Waals surface area (Å²) in [5, 5.41) is 3.90. The number of aryl methyl sites for hydroxylation is 1. The van der Waals surface area contributed by atoms with E-state index in [0.29, 0.717) is 11.4 Å². The van der Waals surface area contributed by atoms with Crippen LogP contribution in [0.1, 0.15) is 5.56 Å². The lowest BCUT2D eigenvalue weighted by Crippen LogP contribution is -2.25. The van der Waals surface area contributed by atoms with Crippen molar-refractivity contribution in [2.24, 2.45) is 7.05 Å². The fourth-order valence-corrected chi connectivity index (χ4v) is 1.83. The Morgan fingerprint density at radius 2 is 2.40 bits per heavy atom. The molecule has 0 fully saturated rings. The van der Waals surface area contributed by atoms with Crippen molar-refractivity contribution in [3.8, 4) is 0 Å². The molecule has 0 unspecified atom stereocenters. The van der Waals surface area contributed by atoms with E-state index in [1.165, 1.54) is 17.0 Å². The molecule has 84 valence electrons. The third kappa shape index (κ3) is 3.07. The largest absolute Gasteiger partial charge is 0.384 e. The number of sulfonamides is 1. The van der Waals surface area contributed by atoms with Crippen LogP contribution in [-0.2, 0) is 23.6 Å². The van der Waals surface area contributed by atoms with Crippen molar-refractivity contribution in [1.82, 2.24) is 14.5 Å². The average molecular weight is 230 g/mol. The van der Waals surface area contributed by atoms with E-state index >= 15 is 0 Å². The Kier molecular flexibility index (Phi) is 3.48. The maximum atomic E-state index is 11.3. The van der Waals surface area contributed by atoms with Gasteiger partial charge in [0, 0.05) is 19.2 Å². The number of nitrogens with zero attached hydrogens (tertiary/aromatic N) is 2. The molecule has 1 aromatic rings. The van der Waals surface area contributed by atoms with E-state index in [1.54, 1.807) is 7.05 Å². The number of rotatable bonds is 5. The van der Waals surface area contributed by atoms with Crippen molar-refractivity contribution in [3.05, 3.63) is 24.4 Å². The monoisotopic (exact) mass is 230 g/mol. The number of nitrogen functional groups attached to an aromatic ring is 1. The molecule has 1 rings (SSSR count). The molecule has 1 heterocycles. The highest BCUT2D eigenvalue weighted by Crippen LogP contribution is 2.08. The average Bonchev–Trinajstić information content (AvgIpc) is 2.45. The lowest BCUT2D eigenvalue weighted by atomic mass is 10.3. The number of aromatic nitrogens is 2. The molecule has 0 aliphatic carbocycles. The third-order valence-corrected chi connectivity index (χ3v) is 3.14. The van der Waals surface area contributed by atoms with Crippen LogP contribution in [0, 0.1) is 0 Å². The molecule has 0 saturated carbocycles. The SMILES string of the molecule is C=CCS(=O)(=O)NCc1cnn(C)c1N. The van der Waals surface area contributed by atoms with Crippen LogP contribution in [0.2, 0.25) is 0 Å². The molecule has 3 N–H and O–H groups in total.